The molecule has 0 radical (unpaired) electrons. The minimum absolute atomic E-state index is 0.304. The number of aromatic nitrogens is 2. The molecule has 2 saturated heterocycles. The molecular weight excluding hydrogens is 212 g/mol. The Morgan fingerprint density at radius 2 is 2.29 bits per heavy atom. The van der Waals surface area contributed by atoms with Crippen molar-refractivity contribution in [1.29, 1.82) is 0 Å². The summed E-state index contributed by atoms with van der Waals surface area (Å²) in [4.78, 5) is 6.83. The van der Waals surface area contributed by atoms with Gasteiger partial charge in [0.15, 0.2) is 0 Å². The smallest absolute Gasteiger partial charge is 0.0945 e. The maximum absolute atomic E-state index is 4.21. The molecule has 4 heteroatoms. The molecule has 17 heavy (non-hydrogen) atoms. The molecule has 94 valence electrons. The van der Waals surface area contributed by atoms with Crippen molar-refractivity contribution in [3.63, 3.8) is 0 Å². The highest BCUT2D eigenvalue weighted by molar-refractivity contribution is 5.07. The molecule has 0 bridgehead atoms. The monoisotopic (exact) mass is 234 g/mol. The molecular formula is C13H22N4. The van der Waals surface area contributed by atoms with Gasteiger partial charge in [0.2, 0.25) is 0 Å². The highest BCUT2D eigenvalue weighted by Gasteiger charge is 2.49. The number of imidazole rings is 1. The van der Waals surface area contributed by atoms with Crippen LogP contribution in [0.1, 0.15) is 19.5 Å². The summed E-state index contributed by atoms with van der Waals surface area (Å²) in [7, 11) is 2.08. The summed E-state index contributed by atoms with van der Waals surface area (Å²) in [5.41, 5.74) is 1.62. The van der Waals surface area contributed by atoms with E-state index in [0.29, 0.717) is 5.54 Å². The zero-order chi connectivity index (χ0) is 12.0. The second kappa shape index (κ2) is 3.82. The zero-order valence-electron chi connectivity index (χ0n) is 11.0. The summed E-state index contributed by atoms with van der Waals surface area (Å²) in [5, 5.41) is 3.53. The number of rotatable bonds is 2. The van der Waals surface area contributed by atoms with Crippen molar-refractivity contribution in [2.45, 2.75) is 25.9 Å². The largest absolute Gasteiger partial charge is 0.337 e. The SMILES string of the molecule is Cn1cncc1CN1CC2CNCC2C1(C)C. The van der Waals surface area contributed by atoms with E-state index >= 15 is 0 Å². The van der Waals surface area contributed by atoms with E-state index in [4.69, 9.17) is 0 Å². The van der Waals surface area contributed by atoms with Crippen molar-refractivity contribution in [1.82, 2.24) is 19.8 Å². The Morgan fingerprint density at radius 1 is 1.47 bits per heavy atom. The van der Waals surface area contributed by atoms with Gasteiger partial charge in [0.25, 0.3) is 0 Å². The summed E-state index contributed by atoms with van der Waals surface area (Å²) in [6.07, 6.45) is 3.88. The quantitative estimate of drug-likeness (QED) is 0.823. The minimum Gasteiger partial charge on any atom is -0.337 e. The number of nitrogens with zero attached hydrogens (tertiary/aromatic N) is 3. The third-order valence-corrected chi connectivity index (χ3v) is 4.79. The van der Waals surface area contributed by atoms with Crippen LogP contribution in [0, 0.1) is 11.8 Å². The van der Waals surface area contributed by atoms with E-state index in [-0.39, 0.29) is 0 Å². The zero-order valence-corrected chi connectivity index (χ0v) is 11.0. The first-order chi connectivity index (χ1) is 8.09. The molecule has 3 rings (SSSR count). The van der Waals surface area contributed by atoms with Gasteiger partial charge in [-0.1, -0.05) is 0 Å². The highest BCUT2D eigenvalue weighted by Crippen LogP contribution is 2.41. The fraction of sp³-hybridized carbons (Fsp3) is 0.769. The van der Waals surface area contributed by atoms with Gasteiger partial charge < -0.3 is 9.88 Å². The first-order valence-corrected chi connectivity index (χ1v) is 6.50. The number of hydrogen-bond acceptors (Lipinski definition) is 3. The standard InChI is InChI=1S/C13H22N4/c1-13(2)12-6-14-4-10(12)7-17(13)8-11-5-15-9-16(11)3/h5,9-10,12,14H,4,6-8H2,1-3H3. The lowest BCUT2D eigenvalue weighted by molar-refractivity contribution is 0.129. The molecule has 0 saturated carbocycles. The van der Waals surface area contributed by atoms with Gasteiger partial charge in [0.1, 0.15) is 0 Å². The van der Waals surface area contributed by atoms with Gasteiger partial charge in [-0.3, -0.25) is 4.90 Å². The summed E-state index contributed by atoms with van der Waals surface area (Å²) in [5.74, 6) is 1.63. The van der Waals surface area contributed by atoms with Crippen LogP contribution in [0.15, 0.2) is 12.5 Å². The Morgan fingerprint density at radius 3 is 2.94 bits per heavy atom. The van der Waals surface area contributed by atoms with Crippen LogP contribution >= 0.6 is 0 Å². The maximum Gasteiger partial charge on any atom is 0.0945 e. The Balaban J connectivity index is 1.79. The second-order valence-corrected chi connectivity index (χ2v) is 6.05. The fourth-order valence-corrected chi connectivity index (χ4v) is 3.51. The van der Waals surface area contributed by atoms with Gasteiger partial charge in [-0.05, 0) is 32.2 Å². The molecule has 0 aliphatic carbocycles. The molecule has 1 aromatic heterocycles. The molecule has 2 atom stereocenters. The molecule has 0 aromatic carbocycles. The average molecular weight is 234 g/mol. The van der Waals surface area contributed by atoms with E-state index in [0.717, 1.165) is 18.4 Å². The number of nitrogens with one attached hydrogen (secondary N) is 1. The third-order valence-electron chi connectivity index (χ3n) is 4.79. The average Bonchev–Trinajstić information content (AvgIpc) is 2.91. The van der Waals surface area contributed by atoms with Crippen LogP contribution in [-0.2, 0) is 13.6 Å². The van der Waals surface area contributed by atoms with Crippen LogP contribution in [-0.4, -0.2) is 39.6 Å². The Hall–Kier alpha value is -0.870. The van der Waals surface area contributed by atoms with Crippen molar-refractivity contribution in [2.24, 2.45) is 18.9 Å². The third kappa shape index (κ3) is 1.70. The molecule has 4 nitrogen and oxygen atoms in total. The van der Waals surface area contributed by atoms with Crippen LogP contribution in [0.2, 0.25) is 0 Å². The predicted octanol–water partition coefficient (Wildman–Crippen LogP) is 0.850. The summed E-state index contributed by atoms with van der Waals surface area (Å²) < 4.78 is 2.13. The number of hydrogen-bond donors (Lipinski definition) is 1. The first-order valence-electron chi connectivity index (χ1n) is 6.50. The van der Waals surface area contributed by atoms with E-state index in [1.54, 1.807) is 0 Å². The van der Waals surface area contributed by atoms with E-state index in [1.807, 2.05) is 12.5 Å². The van der Waals surface area contributed by atoms with Crippen LogP contribution in [0.3, 0.4) is 0 Å². The molecule has 3 heterocycles. The van der Waals surface area contributed by atoms with Gasteiger partial charge in [-0.25, -0.2) is 4.98 Å². The molecule has 2 aliphatic heterocycles. The topological polar surface area (TPSA) is 33.1 Å². The minimum atomic E-state index is 0.304. The van der Waals surface area contributed by atoms with Gasteiger partial charge in [-0.2, -0.15) is 0 Å². The highest BCUT2D eigenvalue weighted by atomic mass is 15.3. The van der Waals surface area contributed by atoms with E-state index in [9.17, 15) is 0 Å². The summed E-state index contributed by atoms with van der Waals surface area (Å²) in [6.45, 7) is 9.39. The molecule has 2 aliphatic rings. The van der Waals surface area contributed by atoms with E-state index in [2.05, 4.69) is 40.7 Å². The van der Waals surface area contributed by atoms with Crippen molar-refractivity contribution >= 4 is 0 Å². The Labute approximate surface area is 103 Å². The van der Waals surface area contributed by atoms with Crippen LogP contribution in [0.4, 0.5) is 0 Å². The number of aryl methyl sites for hydroxylation is 1. The number of likely N-dealkylation sites (tertiary alicyclic amines) is 1. The molecule has 1 N–H and O–H groups in total. The van der Waals surface area contributed by atoms with Gasteiger partial charge in [0.05, 0.1) is 12.0 Å². The van der Waals surface area contributed by atoms with Gasteiger partial charge in [-0.15, -0.1) is 0 Å². The fourth-order valence-electron chi connectivity index (χ4n) is 3.51. The van der Waals surface area contributed by atoms with E-state index in [1.165, 1.54) is 25.3 Å². The van der Waals surface area contributed by atoms with Gasteiger partial charge >= 0.3 is 0 Å². The van der Waals surface area contributed by atoms with Crippen LogP contribution in [0.25, 0.3) is 0 Å². The second-order valence-electron chi connectivity index (χ2n) is 6.05. The summed E-state index contributed by atoms with van der Waals surface area (Å²) >= 11 is 0. The van der Waals surface area contributed by atoms with Crippen molar-refractivity contribution < 1.29 is 0 Å². The van der Waals surface area contributed by atoms with Crippen LogP contribution in [0.5, 0.6) is 0 Å². The molecule has 2 fully saturated rings. The van der Waals surface area contributed by atoms with Crippen molar-refractivity contribution in [3.8, 4) is 0 Å². The normalized spacial score (nSPS) is 31.9. The van der Waals surface area contributed by atoms with Crippen LogP contribution < -0.4 is 5.32 Å². The molecule has 2 unspecified atom stereocenters. The maximum atomic E-state index is 4.21. The van der Waals surface area contributed by atoms with Gasteiger partial charge in [0, 0.05) is 38.4 Å². The molecule has 0 amide bonds. The molecule has 1 aromatic rings. The molecule has 0 spiro atoms. The lowest BCUT2D eigenvalue weighted by atomic mass is 9.85. The van der Waals surface area contributed by atoms with Crippen molar-refractivity contribution in [2.75, 3.05) is 19.6 Å². The Kier molecular flexibility index (Phi) is 2.52. The lowest BCUT2D eigenvalue weighted by Crippen LogP contribution is -2.44. The summed E-state index contributed by atoms with van der Waals surface area (Å²) in [6, 6.07) is 0. The predicted molar refractivity (Wildman–Crippen MR) is 67.5 cm³/mol. The van der Waals surface area contributed by atoms with Crippen molar-refractivity contribution in [3.05, 3.63) is 18.2 Å². The lowest BCUT2D eigenvalue weighted by Gasteiger charge is -2.35. The first kappa shape index (κ1) is 11.2. The van der Waals surface area contributed by atoms with E-state index < -0.39 is 0 Å². The number of fused-ring (bicyclic) bond motifs is 1. The Bertz CT molecular complexity index is 409.